The summed E-state index contributed by atoms with van der Waals surface area (Å²) in [4.78, 5) is 13.8. The van der Waals surface area contributed by atoms with E-state index in [2.05, 4.69) is 22.5 Å². The summed E-state index contributed by atoms with van der Waals surface area (Å²) in [6.07, 6.45) is 3.46. The largest absolute Gasteiger partial charge is 0.361 e. The van der Waals surface area contributed by atoms with E-state index in [0.29, 0.717) is 6.42 Å². The predicted octanol–water partition coefficient (Wildman–Crippen LogP) is 1.71. The average molecular weight is 220 g/mol. The van der Waals surface area contributed by atoms with Gasteiger partial charge in [0.05, 0.1) is 6.04 Å². The maximum absolute atomic E-state index is 10.7. The lowest BCUT2D eigenvalue weighted by Gasteiger charge is -2.06. The molecule has 0 aliphatic heterocycles. The number of aromatic nitrogens is 1. The molecule has 0 aliphatic carbocycles. The minimum Gasteiger partial charge on any atom is -0.361 e. The van der Waals surface area contributed by atoms with Crippen LogP contribution in [-0.4, -0.2) is 17.3 Å². The molecule has 1 heterocycles. The molecule has 0 unspecified atom stereocenters. The van der Waals surface area contributed by atoms with Gasteiger partial charge in [-0.15, -0.1) is 0 Å². The van der Waals surface area contributed by atoms with Crippen LogP contribution >= 0.6 is 12.8 Å². The Morgan fingerprint density at radius 3 is 3.00 bits per heavy atom. The smallest absolute Gasteiger partial charge is 0.138 e. The Labute approximate surface area is 93.4 Å². The number of aromatic amines is 1. The average Bonchev–Trinajstić information content (AvgIpc) is 2.69. The topological polar surface area (TPSA) is 44.9 Å². The maximum Gasteiger partial charge on any atom is 0.138 e. The van der Waals surface area contributed by atoms with Gasteiger partial charge >= 0.3 is 0 Å². The highest BCUT2D eigenvalue weighted by atomic mass is 32.1. The summed E-state index contributed by atoms with van der Waals surface area (Å²) in [6.45, 7) is 0. The van der Waals surface area contributed by atoms with Crippen molar-refractivity contribution in [1.29, 1.82) is 0 Å². The lowest BCUT2D eigenvalue weighted by atomic mass is 10.1. The molecule has 2 aromatic rings. The molecule has 0 bridgehead atoms. The second-order valence-electron chi connectivity index (χ2n) is 3.44. The summed E-state index contributed by atoms with van der Waals surface area (Å²) in [5.41, 5.74) is 2.22. The molecule has 1 aromatic carbocycles. The second-order valence-corrected chi connectivity index (χ2v) is 3.69. The van der Waals surface area contributed by atoms with Gasteiger partial charge in [-0.25, -0.2) is 0 Å². The minimum atomic E-state index is -0.243. The third-order valence-corrected chi connectivity index (χ3v) is 2.78. The van der Waals surface area contributed by atoms with Crippen LogP contribution in [0.25, 0.3) is 10.9 Å². The maximum atomic E-state index is 10.7. The van der Waals surface area contributed by atoms with E-state index in [4.69, 9.17) is 0 Å². The number of fused-ring (bicyclic) bond motifs is 1. The molecule has 78 valence electrons. The highest BCUT2D eigenvalue weighted by Gasteiger charge is 2.09. The minimum absolute atomic E-state index is 0.243. The highest BCUT2D eigenvalue weighted by Crippen LogP contribution is 2.18. The number of para-hydroxylation sites is 1. The zero-order valence-electron chi connectivity index (χ0n) is 8.10. The van der Waals surface area contributed by atoms with Crippen LogP contribution in [0.2, 0.25) is 0 Å². The Morgan fingerprint density at radius 2 is 2.27 bits per heavy atom. The van der Waals surface area contributed by atoms with Crippen LogP contribution < -0.4 is 4.72 Å². The van der Waals surface area contributed by atoms with Gasteiger partial charge in [0.15, 0.2) is 0 Å². The number of hydrogen-bond donors (Lipinski definition) is 3. The summed E-state index contributed by atoms with van der Waals surface area (Å²) in [5, 5.41) is 1.16. The Morgan fingerprint density at radius 1 is 1.47 bits per heavy atom. The van der Waals surface area contributed by atoms with Crippen LogP contribution in [0.5, 0.6) is 0 Å². The summed E-state index contributed by atoms with van der Waals surface area (Å²) in [6, 6.07) is 7.79. The molecule has 0 fully saturated rings. The van der Waals surface area contributed by atoms with Crippen LogP contribution in [0.15, 0.2) is 30.5 Å². The highest BCUT2D eigenvalue weighted by molar-refractivity contribution is 7.78. The first-order valence-corrected chi connectivity index (χ1v) is 5.20. The van der Waals surface area contributed by atoms with Crippen molar-refractivity contribution in [3.63, 3.8) is 0 Å². The van der Waals surface area contributed by atoms with Gasteiger partial charge in [-0.05, 0) is 18.1 Å². The van der Waals surface area contributed by atoms with Gasteiger partial charge in [0, 0.05) is 17.1 Å². The normalized spacial score (nSPS) is 12.9. The van der Waals surface area contributed by atoms with Crippen molar-refractivity contribution in [1.82, 2.24) is 9.71 Å². The number of nitrogens with one attached hydrogen (secondary N) is 2. The van der Waals surface area contributed by atoms with Gasteiger partial charge in [0.2, 0.25) is 0 Å². The Hall–Kier alpha value is -1.26. The van der Waals surface area contributed by atoms with Crippen molar-refractivity contribution in [3.05, 3.63) is 36.0 Å². The number of aldehydes is 1. The fourth-order valence-corrected chi connectivity index (χ4v) is 1.81. The van der Waals surface area contributed by atoms with E-state index in [1.165, 1.54) is 0 Å². The molecule has 2 N–H and O–H groups in total. The molecule has 1 atom stereocenters. The van der Waals surface area contributed by atoms with E-state index in [-0.39, 0.29) is 6.04 Å². The zero-order valence-corrected chi connectivity index (χ0v) is 9.00. The predicted molar refractivity (Wildman–Crippen MR) is 64.0 cm³/mol. The summed E-state index contributed by atoms with van der Waals surface area (Å²) in [5.74, 6) is 0. The lowest BCUT2D eigenvalue weighted by molar-refractivity contribution is -0.109. The molecule has 15 heavy (non-hydrogen) atoms. The second kappa shape index (κ2) is 4.51. The van der Waals surface area contributed by atoms with Gasteiger partial charge in [0.1, 0.15) is 6.29 Å². The summed E-state index contributed by atoms with van der Waals surface area (Å²) >= 11 is 3.91. The van der Waals surface area contributed by atoms with E-state index >= 15 is 0 Å². The van der Waals surface area contributed by atoms with E-state index in [9.17, 15) is 4.79 Å². The number of benzene rings is 1. The van der Waals surface area contributed by atoms with Crippen molar-refractivity contribution in [2.24, 2.45) is 0 Å². The number of thiol groups is 1. The van der Waals surface area contributed by atoms with Crippen molar-refractivity contribution in [2.75, 3.05) is 0 Å². The lowest BCUT2D eigenvalue weighted by Crippen LogP contribution is -2.24. The Bertz CT molecular complexity index is 466. The Balaban J connectivity index is 2.32. The SMILES string of the molecule is O=C[C@H](Cc1c[nH]c2ccccc12)NS. The van der Waals surface area contributed by atoms with Crippen molar-refractivity contribution in [3.8, 4) is 0 Å². The van der Waals surface area contributed by atoms with E-state index in [1.807, 2.05) is 30.5 Å². The van der Waals surface area contributed by atoms with E-state index < -0.39 is 0 Å². The van der Waals surface area contributed by atoms with Gasteiger partial charge in [-0.3, -0.25) is 4.72 Å². The quantitative estimate of drug-likeness (QED) is 0.542. The van der Waals surface area contributed by atoms with Gasteiger partial charge in [-0.2, -0.15) is 0 Å². The molecular weight excluding hydrogens is 208 g/mol. The first kappa shape index (κ1) is 10.3. The Kier molecular flexibility index (Phi) is 3.08. The number of H-pyrrole nitrogens is 1. The molecule has 3 nitrogen and oxygen atoms in total. The van der Waals surface area contributed by atoms with Crippen molar-refractivity contribution >= 4 is 30.0 Å². The molecule has 0 radical (unpaired) electrons. The van der Waals surface area contributed by atoms with Crippen LogP contribution in [0.3, 0.4) is 0 Å². The van der Waals surface area contributed by atoms with Crippen molar-refractivity contribution < 1.29 is 4.79 Å². The fourth-order valence-electron chi connectivity index (χ4n) is 1.66. The number of hydrogen-bond acceptors (Lipinski definition) is 3. The number of carbonyl (C=O) groups excluding carboxylic acids is 1. The third kappa shape index (κ3) is 2.06. The number of carbonyl (C=O) groups is 1. The first-order valence-electron chi connectivity index (χ1n) is 4.75. The molecule has 0 spiro atoms. The van der Waals surface area contributed by atoms with Crippen LogP contribution in [0, 0.1) is 0 Å². The van der Waals surface area contributed by atoms with Crippen LogP contribution in [0.1, 0.15) is 5.56 Å². The monoisotopic (exact) mass is 220 g/mol. The van der Waals surface area contributed by atoms with E-state index in [1.54, 1.807) is 0 Å². The molecule has 0 saturated heterocycles. The summed E-state index contributed by atoms with van der Waals surface area (Å²) in [7, 11) is 0. The summed E-state index contributed by atoms with van der Waals surface area (Å²) < 4.78 is 2.67. The molecule has 4 heteroatoms. The number of rotatable bonds is 4. The standard InChI is InChI=1S/C11H12N2OS/c14-7-9(13-15)5-8-6-12-11-4-2-1-3-10(8)11/h1-4,6-7,9,12-13,15H,5H2/t9-/m0/s1. The third-order valence-electron chi connectivity index (χ3n) is 2.44. The van der Waals surface area contributed by atoms with Gasteiger partial charge < -0.3 is 9.78 Å². The zero-order chi connectivity index (χ0) is 10.7. The molecule has 0 saturated carbocycles. The molecule has 2 rings (SSSR count). The van der Waals surface area contributed by atoms with Gasteiger partial charge in [0.25, 0.3) is 0 Å². The van der Waals surface area contributed by atoms with Crippen LogP contribution in [-0.2, 0) is 11.2 Å². The molecule has 0 aliphatic rings. The van der Waals surface area contributed by atoms with Crippen molar-refractivity contribution in [2.45, 2.75) is 12.5 Å². The molecule has 0 amide bonds. The fraction of sp³-hybridized carbons (Fsp3) is 0.182. The van der Waals surface area contributed by atoms with Crippen LogP contribution in [0.4, 0.5) is 0 Å². The van der Waals surface area contributed by atoms with Gasteiger partial charge in [-0.1, -0.05) is 31.0 Å². The molecule has 1 aromatic heterocycles. The first-order chi connectivity index (χ1) is 7.35. The van der Waals surface area contributed by atoms with E-state index in [0.717, 1.165) is 22.8 Å². The molecular formula is C11H12N2OS.